The number of carbonyl (C=O) groups is 3. The number of nitrogens with zero attached hydrogens (tertiary/aromatic N) is 1. The fourth-order valence-corrected chi connectivity index (χ4v) is 9.98. The van der Waals surface area contributed by atoms with E-state index in [1.807, 2.05) is 21.1 Å². The first-order valence-electron chi connectivity index (χ1n) is 39.5. The number of esters is 2. The molecule has 0 aromatic rings. The molecule has 0 aromatic heterocycles. The molecular formula is C92H144NO8+. The molecule has 564 valence electrons. The lowest BCUT2D eigenvalue weighted by Crippen LogP contribution is -2.40. The largest absolute Gasteiger partial charge is 0.477 e. The van der Waals surface area contributed by atoms with Gasteiger partial charge in [0.15, 0.2) is 6.10 Å². The molecule has 0 aliphatic carbocycles. The van der Waals surface area contributed by atoms with E-state index in [1.165, 1.54) is 83.5 Å². The van der Waals surface area contributed by atoms with E-state index in [9.17, 15) is 19.5 Å². The van der Waals surface area contributed by atoms with E-state index in [0.717, 1.165) is 154 Å². The normalized spacial score (nSPS) is 14.0. The zero-order valence-corrected chi connectivity index (χ0v) is 64.5. The van der Waals surface area contributed by atoms with Gasteiger partial charge in [-0.25, -0.2) is 4.79 Å². The van der Waals surface area contributed by atoms with Crippen molar-refractivity contribution in [1.82, 2.24) is 0 Å². The second-order valence-corrected chi connectivity index (χ2v) is 26.6. The number of carboxylic acids is 1. The van der Waals surface area contributed by atoms with Crippen molar-refractivity contribution >= 4 is 17.9 Å². The standard InChI is InChI=1S/C92H143NO8/c1-6-8-10-12-14-16-18-20-22-24-26-28-30-32-34-36-38-40-42-44-45-47-49-51-53-55-57-59-61-63-65-67-69-71-73-75-77-79-81-83-90(95)101-88(87-100-92(91(96)97)98-85-84-93(3,4)5)86-99-89(94)82-80-78-76-74-72-70-68-66-64-62-60-58-56-54-52-50-48-46-43-41-39-37-35-33-31-29-27-25-23-21-19-17-15-13-11-9-7-2/h8-11,14-17,20-23,26-29,32-35,38-41,44-46,48-49,51,55,57,61,63,67,69,73,75,88,92H,6-7,12-13,18-19,24-25,30-31,36-37,42-43,47,50,52-54,56,58-60,62,64-66,68,70-72,74,76-87H2,1-5H3/p+1/b10-8-,11-9-,16-14-,17-15-,22-20-,23-21-,28-26-,29-27-,34-32-,35-33-,40-38-,41-39-,45-44-,48-46-,51-49-,57-55-,63-61-,69-67-,75-73-. The topological polar surface area (TPSA) is 108 Å². The van der Waals surface area contributed by atoms with Crippen molar-refractivity contribution in [2.75, 3.05) is 47.5 Å². The number of hydrogen-bond donors (Lipinski definition) is 1. The zero-order chi connectivity index (χ0) is 73.2. The van der Waals surface area contributed by atoms with Crippen LogP contribution in [0.4, 0.5) is 0 Å². The van der Waals surface area contributed by atoms with Crippen LogP contribution in [0.2, 0.25) is 0 Å². The van der Waals surface area contributed by atoms with Crippen molar-refractivity contribution < 1.29 is 42.9 Å². The average molecular weight is 1390 g/mol. The Morgan fingerprint density at radius 3 is 0.812 bits per heavy atom. The molecule has 0 aliphatic rings. The van der Waals surface area contributed by atoms with Crippen molar-refractivity contribution in [3.63, 3.8) is 0 Å². The summed E-state index contributed by atoms with van der Waals surface area (Å²) < 4.78 is 22.9. The lowest BCUT2D eigenvalue weighted by molar-refractivity contribution is -0.870. The van der Waals surface area contributed by atoms with Gasteiger partial charge in [0.25, 0.3) is 6.29 Å². The summed E-state index contributed by atoms with van der Waals surface area (Å²) in [7, 11) is 5.95. The average Bonchev–Trinajstić information content (AvgIpc) is 1.21. The van der Waals surface area contributed by atoms with Gasteiger partial charge in [-0.05, 0) is 161 Å². The highest BCUT2D eigenvalue weighted by molar-refractivity contribution is 5.71. The maximum absolute atomic E-state index is 13.0. The summed E-state index contributed by atoms with van der Waals surface area (Å²) >= 11 is 0. The molecule has 0 bridgehead atoms. The molecule has 0 spiro atoms. The zero-order valence-electron chi connectivity index (χ0n) is 64.5. The Bertz CT molecular complexity index is 2520. The van der Waals surface area contributed by atoms with Gasteiger partial charge in [0.1, 0.15) is 13.2 Å². The van der Waals surface area contributed by atoms with Gasteiger partial charge in [-0.3, -0.25) is 9.59 Å². The highest BCUT2D eigenvalue weighted by Gasteiger charge is 2.25. The molecule has 0 saturated carbocycles. The van der Waals surface area contributed by atoms with E-state index < -0.39 is 24.3 Å². The summed E-state index contributed by atoms with van der Waals surface area (Å²) in [5.74, 6) is -2.09. The molecule has 0 aliphatic heterocycles. The minimum absolute atomic E-state index is 0.167. The monoisotopic (exact) mass is 1390 g/mol. The molecule has 9 nitrogen and oxygen atoms in total. The predicted octanol–water partition coefficient (Wildman–Crippen LogP) is 25.8. The number of quaternary nitrogens is 1. The number of carboxylic acid groups (broad SMARTS) is 1. The Hall–Kier alpha value is -6.65. The second kappa shape index (κ2) is 79.1. The third kappa shape index (κ3) is 80.5. The first-order chi connectivity index (χ1) is 49.6. The van der Waals surface area contributed by atoms with Crippen molar-refractivity contribution in [2.24, 2.45) is 0 Å². The number of aliphatic carboxylic acids is 1. The minimum Gasteiger partial charge on any atom is -0.477 e. The quantitative estimate of drug-likeness (QED) is 0.0211. The molecule has 2 unspecified atom stereocenters. The highest BCUT2D eigenvalue weighted by Crippen LogP contribution is 2.16. The molecule has 0 rings (SSSR count). The van der Waals surface area contributed by atoms with Crippen molar-refractivity contribution in [3.8, 4) is 0 Å². The van der Waals surface area contributed by atoms with E-state index in [4.69, 9.17) is 18.9 Å². The summed E-state index contributed by atoms with van der Waals surface area (Å²) in [6.07, 6.45) is 123. The van der Waals surface area contributed by atoms with E-state index in [-0.39, 0.29) is 38.6 Å². The van der Waals surface area contributed by atoms with Gasteiger partial charge in [-0.1, -0.05) is 328 Å². The molecule has 0 fully saturated rings. The summed E-state index contributed by atoms with van der Waals surface area (Å²) in [5.41, 5.74) is 0. The van der Waals surface area contributed by atoms with Crippen LogP contribution < -0.4 is 0 Å². The summed E-state index contributed by atoms with van der Waals surface area (Å²) in [6.45, 7) is 4.58. The first kappa shape index (κ1) is 94.4. The number of ether oxygens (including phenoxy) is 4. The van der Waals surface area contributed by atoms with Crippen molar-refractivity contribution in [1.29, 1.82) is 0 Å². The van der Waals surface area contributed by atoms with E-state index in [2.05, 4.69) is 245 Å². The molecule has 0 amide bonds. The molecule has 0 saturated heterocycles. The van der Waals surface area contributed by atoms with Crippen molar-refractivity contribution in [2.45, 2.75) is 283 Å². The third-order valence-corrected chi connectivity index (χ3v) is 15.9. The Labute approximate surface area is 619 Å². The molecule has 0 radical (unpaired) electrons. The molecular weight excluding hydrogens is 1250 g/mol. The number of allylic oxidation sites excluding steroid dienone is 38. The Balaban J connectivity index is 4.21. The van der Waals surface area contributed by atoms with Crippen LogP contribution >= 0.6 is 0 Å². The fraction of sp³-hybridized carbons (Fsp3) is 0.554. The van der Waals surface area contributed by atoms with Crippen LogP contribution in [0.15, 0.2) is 231 Å². The highest BCUT2D eigenvalue weighted by atomic mass is 16.7. The summed E-state index contributed by atoms with van der Waals surface area (Å²) in [5, 5.41) is 9.77. The Morgan fingerprint density at radius 1 is 0.297 bits per heavy atom. The lowest BCUT2D eigenvalue weighted by Gasteiger charge is -2.25. The van der Waals surface area contributed by atoms with Gasteiger partial charge in [0.05, 0.1) is 34.4 Å². The SMILES string of the molecule is CC/C=C\C/C=C\C/C=C\C/C=C\C/C=C\C/C=C\C/C=C\C/C=C\C/C=C\C/C=C\C/C=C\C/C=C\CCCCC(=O)OC(COC(=O)CCCCCCCCCCCCCCCCC/C=C\C/C=C\C/C=C\C/C=C\C/C=C\C/C=C\C/C=C\CC)COC(OCC[N+](C)(C)C)C(=O)O. The van der Waals surface area contributed by atoms with E-state index in [0.29, 0.717) is 17.4 Å². The number of rotatable bonds is 70. The van der Waals surface area contributed by atoms with E-state index >= 15 is 0 Å². The number of hydrogen-bond acceptors (Lipinski definition) is 7. The summed E-state index contributed by atoms with van der Waals surface area (Å²) in [4.78, 5) is 37.7. The predicted molar refractivity (Wildman–Crippen MR) is 437 cm³/mol. The van der Waals surface area contributed by atoms with Crippen molar-refractivity contribution in [3.05, 3.63) is 231 Å². The van der Waals surface area contributed by atoms with Crippen LogP contribution in [0.25, 0.3) is 0 Å². The van der Waals surface area contributed by atoms with Gasteiger partial charge >= 0.3 is 17.9 Å². The van der Waals surface area contributed by atoms with Crippen LogP contribution in [0.1, 0.15) is 271 Å². The molecule has 0 aromatic carbocycles. The van der Waals surface area contributed by atoms with Crippen LogP contribution in [0.5, 0.6) is 0 Å². The van der Waals surface area contributed by atoms with Crippen LogP contribution in [0.3, 0.4) is 0 Å². The molecule has 2 atom stereocenters. The second-order valence-electron chi connectivity index (χ2n) is 26.6. The van der Waals surface area contributed by atoms with Gasteiger partial charge in [-0.2, -0.15) is 0 Å². The van der Waals surface area contributed by atoms with Gasteiger partial charge in [0, 0.05) is 12.8 Å². The van der Waals surface area contributed by atoms with Gasteiger partial charge in [-0.15, -0.1) is 0 Å². The minimum atomic E-state index is -1.54. The number of unbranched alkanes of at least 4 members (excludes halogenated alkanes) is 17. The van der Waals surface area contributed by atoms with Gasteiger partial charge < -0.3 is 28.5 Å². The van der Waals surface area contributed by atoms with Crippen LogP contribution in [0, 0.1) is 0 Å². The molecule has 1 N–H and O–H groups in total. The van der Waals surface area contributed by atoms with Gasteiger partial charge in [0.2, 0.25) is 0 Å². The maximum atomic E-state index is 13.0. The lowest BCUT2D eigenvalue weighted by atomic mass is 10.0. The number of likely N-dealkylation sites (N-methyl/N-ethyl adjacent to an activating group) is 1. The van der Waals surface area contributed by atoms with E-state index in [1.54, 1.807) is 0 Å². The molecule has 101 heavy (non-hydrogen) atoms. The van der Waals surface area contributed by atoms with Crippen LogP contribution in [-0.2, 0) is 33.3 Å². The van der Waals surface area contributed by atoms with Crippen LogP contribution in [-0.4, -0.2) is 87.4 Å². The molecule has 0 heterocycles. The number of carbonyl (C=O) groups excluding carboxylic acids is 2. The first-order valence-corrected chi connectivity index (χ1v) is 39.5. The Kier molecular flexibility index (Phi) is 73.9. The molecule has 9 heteroatoms. The third-order valence-electron chi connectivity index (χ3n) is 15.9. The maximum Gasteiger partial charge on any atom is 0.361 e. The fourth-order valence-electron chi connectivity index (χ4n) is 9.98. The smallest absolute Gasteiger partial charge is 0.361 e. The summed E-state index contributed by atoms with van der Waals surface area (Å²) in [6, 6.07) is 0. The Morgan fingerprint density at radius 2 is 0.535 bits per heavy atom.